The second kappa shape index (κ2) is 7.17. The maximum atomic E-state index is 12.0. The van der Waals surface area contributed by atoms with E-state index in [4.69, 9.17) is 5.11 Å². The highest BCUT2D eigenvalue weighted by molar-refractivity contribution is 9.10. The van der Waals surface area contributed by atoms with Gasteiger partial charge in [0.2, 0.25) is 0 Å². The van der Waals surface area contributed by atoms with Crippen molar-refractivity contribution in [3.8, 4) is 0 Å². The molecule has 0 fully saturated rings. The molecule has 0 unspecified atom stereocenters. The van der Waals surface area contributed by atoms with Crippen molar-refractivity contribution in [3.05, 3.63) is 63.9 Å². The van der Waals surface area contributed by atoms with E-state index >= 15 is 0 Å². The molecule has 0 radical (unpaired) electrons. The lowest BCUT2D eigenvalue weighted by atomic mass is 10.1. The van der Waals surface area contributed by atoms with Gasteiger partial charge in [0.05, 0.1) is 12.3 Å². The molecule has 104 valence electrons. The molecule has 0 bridgehead atoms. The highest BCUT2D eigenvalue weighted by Gasteiger charge is 2.06. The number of halogens is 1. The van der Waals surface area contributed by atoms with E-state index in [2.05, 4.69) is 26.2 Å². The van der Waals surface area contributed by atoms with E-state index in [1.165, 1.54) is 6.20 Å². The molecule has 2 aromatic rings. The summed E-state index contributed by atoms with van der Waals surface area (Å²) in [6, 6.07) is 11.2. The average Bonchev–Trinajstić information content (AvgIpc) is 2.49. The summed E-state index contributed by atoms with van der Waals surface area (Å²) in [5.41, 5.74) is 2.15. The molecule has 1 heterocycles. The molecule has 20 heavy (non-hydrogen) atoms. The number of aliphatic hydroxyl groups excluding tert-OH is 1. The van der Waals surface area contributed by atoms with Crippen LogP contribution in [0.1, 0.15) is 21.6 Å². The predicted molar refractivity (Wildman–Crippen MR) is 80.3 cm³/mol. The minimum Gasteiger partial charge on any atom is -0.390 e. The van der Waals surface area contributed by atoms with Crippen LogP contribution >= 0.6 is 15.9 Å². The molecule has 0 saturated heterocycles. The lowest BCUT2D eigenvalue weighted by molar-refractivity contribution is 0.0954. The third-order valence-electron chi connectivity index (χ3n) is 2.88. The van der Waals surface area contributed by atoms with Gasteiger partial charge in [-0.2, -0.15) is 0 Å². The Kier molecular flexibility index (Phi) is 5.26. The van der Waals surface area contributed by atoms with Crippen molar-refractivity contribution in [2.75, 3.05) is 6.54 Å². The van der Waals surface area contributed by atoms with Crippen LogP contribution in [0.3, 0.4) is 0 Å². The molecular weight excluding hydrogens is 320 g/mol. The number of carbonyl (C=O) groups is 1. The zero-order chi connectivity index (χ0) is 14.4. The number of benzene rings is 1. The summed E-state index contributed by atoms with van der Waals surface area (Å²) in [7, 11) is 0. The van der Waals surface area contributed by atoms with Gasteiger partial charge >= 0.3 is 0 Å². The van der Waals surface area contributed by atoms with Crippen molar-refractivity contribution in [1.82, 2.24) is 10.3 Å². The monoisotopic (exact) mass is 334 g/mol. The SMILES string of the molecule is O=C(NCCc1ccccc1Br)c1ccnc(CO)c1. The quantitative estimate of drug-likeness (QED) is 0.881. The third kappa shape index (κ3) is 3.88. The first-order valence-corrected chi connectivity index (χ1v) is 7.07. The molecule has 0 spiro atoms. The second-order valence-corrected chi connectivity index (χ2v) is 5.15. The number of amides is 1. The molecule has 0 aliphatic heterocycles. The van der Waals surface area contributed by atoms with Gasteiger partial charge in [-0.1, -0.05) is 34.1 Å². The number of aromatic nitrogens is 1. The molecule has 0 saturated carbocycles. The largest absolute Gasteiger partial charge is 0.390 e. The lowest BCUT2D eigenvalue weighted by Gasteiger charge is -2.07. The minimum atomic E-state index is -0.169. The first-order chi connectivity index (χ1) is 9.70. The molecule has 0 atom stereocenters. The number of nitrogens with one attached hydrogen (secondary N) is 1. The van der Waals surface area contributed by atoms with Crippen molar-refractivity contribution < 1.29 is 9.90 Å². The van der Waals surface area contributed by atoms with Crippen molar-refractivity contribution >= 4 is 21.8 Å². The van der Waals surface area contributed by atoms with Crippen LogP contribution < -0.4 is 5.32 Å². The molecule has 4 nitrogen and oxygen atoms in total. The number of pyridine rings is 1. The fourth-order valence-electron chi connectivity index (χ4n) is 1.82. The summed E-state index contributed by atoms with van der Waals surface area (Å²) in [6.07, 6.45) is 2.28. The Balaban J connectivity index is 1.91. The maximum absolute atomic E-state index is 12.0. The Morgan fingerprint density at radius 3 is 2.85 bits per heavy atom. The van der Waals surface area contributed by atoms with Gasteiger partial charge in [0, 0.05) is 22.8 Å². The second-order valence-electron chi connectivity index (χ2n) is 4.29. The number of rotatable bonds is 5. The third-order valence-corrected chi connectivity index (χ3v) is 3.65. The van der Waals surface area contributed by atoms with Gasteiger partial charge in [-0.3, -0.25) is 9.78 Å². The van der Waals surface area contributed by atoms with Crippen molar-refractivity contribution in [1.29, 1.82) is 0 Å². The van der Waals surface area contributed by atoms with Crippen LogP contribution in [0, 0.1) is 0 Å². The van der Waals surface area contributed by atoms with Crippen LogP contribution in [0.4, 0.5) is 0 Å². The Hall–Kier alpha value is -1.72. The van der Waals surface area contributed by atoms with Gasteiger partial charge in [-0.25, -0.2) is 0 Å². The highest BCUT2D eigenvalue weighted by atomic mass is 79.9. The Morgan fingerprint density at radius 2 is 2.10 bits per heavy atom. The molecule has 0 aliphatic rings. The summed E-state index contributed by atoms with van der Waals surface area (Å²) in [5.74, 6) is -0.158. The molecule has 1 aromatic heterocycles. The predicted octanol–water partition coefficient (Wildman–Crippen LogP) is 2.31. The van der Waals surface area contributed by atoms with E-state index in [0.29, 0.717) is 17.8 Å². The van der Waals surface area contributed by atoms with Crippen LogP contribution in [-0.4, -0.2) is 22.5 Å². The summed E-state index contributed by atoms with van der Waals surface area (Å²) < 4.78 is 1.04. The number of hydrogen-bond donors (Lipinski definition) is 2. The maximum Gasteiger partial charge on any atom is 0.251 e. The lowest BCUT2D eigenvalue weighted by Crippen LogP contribution is -2.26. The van der Waals surface area contributed by atoms with Crippen LogP contribution in [0.5, 0.6) is 0 Å². The Labute approximate surface area is 126 Å². The number of aliphatic hydroxyl groups is 1. The summed E-state index contributed by atoms with van der Waals surface area (Å²) >= 11 is 3.48. The van der Waals surface area contributed by atoms with Gasteiger partial charge in [0.15, 0.2) is 0 Å². The topological polar surface area (TPSA) is 62.2 Å². The summed E-state index contributed by atoms with van der Waals surface area (Å²) in [5, 5.41) is 11.9. The van der Waals surface area contributed by atoms with E-state index in [0.717, 1.165) is 16.5 Å². The molecule has 2 N–H and O–H groups in total. The van der Waals surface area contributed by atoms with E-state index in [1.807, 2.05) is 24.3 Å². The van der Waals surface area contributed by atoms with Crippen molar-refractivity contribution in [2.45, 2.75) is 13.0 Å². The fraction of sp³-hybridized carbons (Fsp3) is 0.200. The summed E-state index contributed by atoms with van der Waals surface area (Å²) in [4.78, 5) is 15.9. The number of carbonyl (C=O) groups excluding carboxylic acids is 1. The van der Waals surface area contributed by atoms with E-state index < -0.39 is 0 Å². The van der Waals surface area contributed by atoms with Gasteiger partial charge in [0.1, 0.15) is 0 Å². The van der Waals surface area contributed by atoms with E-state index in [-0.39, 0.29) is 12.5 Å². The van der Waals surface area contributed by atoms with Gasteiger partial charge in [-0.05, 0) is 30.2 Å². The Bertz CT molecular complexity index is 602. The van der Waals surface area contributed by atoms with Crippen LogP contribution in [0.15, 0.2) is 47.1 Å². The first-order valence-electron chi connectivity index (χ1n) is 6.28. The summed E-state index contributed by atoms with van der Waals surface area (Å²) in [6.45, 7) is 0.385. The zero-order valence-corrected chi connectivity index (χ0v) is 12.4. The standard InChI is InChI=1S/C15H15BrN2O2/c16-14-4-2-1-3-11(14)5-8-18-15(20)12-6-7-17-13(9-12)10-19/h1-4,6-7,9,19H,5,8,10H2,(H,18,20). The molecule has 1 aromatic carbocycles. The van der Waals surface area contributed by atoms with Crippen LogP contribution in [0.2, 0.25) is 0 Å². The molecular formula is C15H15BrN2O2. The van der Waals surface area contributed by atoms with Crippen LogP contribution in [0.25, 0.3) is 0 Å². The van der Waals surface area contributed by atoms with E-state index in [9.17, 15) is 4.79 Å². The number of nitrogens with zero attached hydrogens (tertiary/aromatic N) is 1. The number of hydrogen-bond acceptors (Lipinski definition) is 3. The molecule has 2 rings (SSSR count). The van der Waals surface area contributed by atoms with Gasteiger partial charge in [-0.15, -0.1) is 0 Å². The van der Waals surface area contributed by atoms with Crippen molar-refractivity contribution in [2.24, 2.45) is 0 Å². The zero-order valence-electron chi connectivity index (χ0n) is 10.8. The normalized spacial score (nSPS) is 10.3. The Morgan fingerprint density at radius 1 is 1.30 bits per heavy atom. The average molecular weight is 335 g/mol. The van der Waals surface area contributed by atoms with Crippen LogP contribution in [-0.2, 0) is 13.0 Å². The first kappa shape index (κ1) is 14.7. The minimum absolute atomic E-state index is 0.158. The molecule has 5 heteroatoms. The van der Waals surface area contributed by atoms with E-state index in [1.54, 1.807) is 12.1 Å². The van der Waals surface area contributed by atoms with Gasteiger partial charge in [0.25, 0.3) is 5.91 Å². The highest BCUT2D eigenvalue weighted by Crippen LogP contribution is 2.15. The smallest absolute Gasteiger partial charge is 0.251 e. The van der Waals surface area contributed by atoms with Crippen molar-refractivity contribution in [3.63, 3.8) is 0 Å². The molecule has 0 aliphatic carbocycles. The molecule has 1 amide bonds. The fourth-order valence-corrected chi connectivity index (χ4v) is 2.30. The van der Waals surface area contributed by atoms with Gasteiger partial charge < -0.3 is 10.4 Å².